The number of para-hydroxylation sites is 1. The molecule has 0 aliphatic carbocycles. The number of rotatable bonds is 5. The van der Waals surface area contributed by atoms with Crippen LogP contribution in [0.3, 0.4) is 0 Å². The molecule has 5 heteroatoms. The number of carbonyl (C=O) groups is 1. The van der Waals surface area contributed by atoms with Gasteiger partial charge in [-0.15, -0.1) is 0 Å². The molecule has 0 fully saturated rings. The van der Waals surface area contributed by atoms with Crippen molar-refractivity contribution in [2.75, 3.05) is 0 Å². The summed E-state index contributed by atoms with van der Waals surface area (Å²) in [7, 11) is 0. The van der Waals surface area contributed by atoms with E-state index in [0.29, 0.717) is 18.6 Å². The molecule has 1 unspecified atom stereocenters. The SMILES string of the molecule is CCCC(N)(Oc1ccc2c(c1)Cc1ccccc1O2)C(=O)O. The molecular weight excluding hydrogens is 294 g/mol. The van der Waals surface area contributed by atoms with Crippen LogP contribution < -0.4 is 15.2 Å². The smallest absolute Gasteiger partial charge is 0.363 e. The van der Waals surface area contributed by atoms with Crippen LogP contribution >= 0.6 is 0 Å². The molecule has 0 bridgehead atoms. The fourth-order valence-corrected chi connectivity index (χ4v) is 2.71. The van der Waals surface area contributed by atoms with E-state index >= 15 is 0 Å². The molecule has 0 amide bonds. The van der Waals surface area contributed by atoms with Crippen molar-refractivity contribution in [1.29, 1.82) is 0 Å². The van der Waals surface area contributed by atoms with Crippen LogP contribution in [0.25, 0.3) is 0 Å². The van der Waals surface area contributed by atoms with Gasteiger partial charge in [-0.3, -0.25) is 5.73 Å². The van der Waals surface area contributed by atoms with Gasteiger partial charge in [0.25, 0.3) is 5.72 Å². The van der Waals surface area contributed by atoms with Crippen LogP contribution in [0.1, 0.15) is 30.9 Å². The van der Waals surface area contributed by atoms with E-state index in [1.165, 1.54) is 0 Å². The number of ether oxygens (including phenoxy) is 2. The molecule has 0 radical (unpaired) electrons. The molecule has 2 aromatic rings. The van der Waals surface area contributed by atoms with Crippen LogP contribution in [0.2, 0.25) is 0 Å². The molecule has 3 rings (SSSR count). The number of carboxylic acid groups (broad SMARTS) is 1. The number of aliphatic carboxylic acids is 1. The lowest BCUT2D eigenvalue weighted by Gasteiger charge is -2.27. The molecule has 3 N–H and O–H groups in total. The van der Waals surface area contributed by atoms with Crippen LogP contribution in [0.4, 0.5) is 0 Å². The van der Waals surface area contributed by atoms with Gasteiger partial charge >= 0.3 is 5.97 Å². The Bertz CT molecular complexity index is 744. The number of hydrogen-bond acceptors (Lipinski definition) is 4. The van der Waals surface area contributed by atoms with E-state index in [1.807, 2.05) is 31.2 Å². The van der Waals surface area contributed by atoms with Crippen molar-refractivity contribution in [1.82, 2.24) is 0 Å². The molecule has 5 nitrogen and oxygen atoms in total. The van der Waals surface area contributed by atoms with Crippen LogP contribution in [0, 0.1) is 0 Å². The van der Waals surface area contributed by atoms with E-state index in [4.69, 9.17) is 15.2 Å². The van der Waals surface area contributed by atoms with Crippen LogP contribution in [0.15, 0.2) is 42.5 Å². The van der Waals surface area contributed by atoms with Gasteiger partial charge in [-0.25, -0.2) is 4.79 Å². The Hall–Kier alpha value is -2.53. The molecule has 0 spiro atoms. The maximum atomic E-state index is 11.4. The number of carboxylic acids is 1. The van der Waals surface area contributed by atoms with Gasteiger partial charge in [0.15, 0.2) is 0 Å². The first-order valence-corrected chi connectivity index (χ1v) is 7.62. The third-order valence-corrected chi connectivity index (χ3v) is 3.89. The molecule has 23 heavy (non-hydrogen) atoms. The minimum absolute atomic E-state index is 0.235. The molecule has 1 aliphatic heterocycles. The van der Waals surface area contributed by atoms with Crippen molar-refractivity contribution in [2.24, 2.45) is 5.73 Å². The van der Waals surface area contributed by atoms with Gasteiger partial charge < -0.3 is 14.6 Å². The molecule has 1 atom stereocenters. The zero-order valence-corrected chi connectivity index (χ0v) is 12.9. The van der Waals surface area contributed by atoms with Gasteiger partial charge in [0.2, 0.25) is 0 Å². The fourth-order valence-electron chi connectivity index (χ4n) is 2.71. The third kappa shape index (κ3) is 3.00. The monoisotopic (exact) mass is 313 g/mol. The lowest BCUT2D eigenvalue weighted by Crippen LogP contribution is -2.53. The Morgan fingerprint density at radius 1 is 1.26 bits per heavy atom. The molecule has 1 heterocycles. The second kappa shape index (κ2) is 5.93. The Kier molecular flexibility index (Phi) is 3.96. The minimum atomic E-state index is -1.71. The highest BCUT2D eigenvalue weighted by Crippen LogP contribution is 2.38. The summed E-state index contributed by atoms with van der Waals surface area (Å²) in [6.07, 6.45) is 1.56. The molecule has 2 aromatic carbocycles. The average Bonchev–Trinajstić information content (AvgIpc) is 2.53. The first kappa shape index (κ1) is 15.4. The Morgan fingerprint density at radius 2 is 2.00 bits per heavy atom. The van der Waals surface area contributed by atoms with Crippen molar-refractivity contribution in [3.8, 4) is 17.2 Å². The largest absolute Gasteiger partial charge is 0.477 e. The van der Waals surface area contributed by atoms with Crippen LogP contribution in [-0.4, -0.2) is 16.8 Å². The summed E-state index contributed by atoms with van der Waals surface area (Å²) in [6.45, 7) is 1.87. The van der Waals surface area contributed by atoms with E-state index in [2.05, 4.69) is 0 Å². The van der Waals surface area contributed by atoms with Gasteiger partial charge in [-0.05, 0) is 29.8 Å². The van der Waals surface area contributed by atoms with Crippen molar-refractivity contribution in [3.63, 3.8) is 0 Å². The Balaban J connectivity index is 1.86. The van der Waals surface area contributed by atoms with Gasteiger partial charge in [-0.2, -0.15) is 0 Å². The highest BCUT2D eigenvalue weighted by Gasteiger charge is 2.35. The van der Waals surface area contributed by atoms with Crippen LogP contribution in [-0.2, 0) is 11.2 Å². The summed E-state index contributed by atoms with van der Waals surface area (Å²) in [6, 6.07) is 13.1. The summed E-state index contributed by atoms with van der Waals surface area (Å²) in [5, 5.41) is 9.32. The van der Waals surface area contributed by atoms with E-state index in [9.17, 15) is 9.90 Å². The summed E-state index contributed by atoms with van der Waals surface area (Å²) in [5.41, 5.74) is 6.21. The lowest BCUT2D eigenvalue weighted by atomic mass is 10.00. The van der Waals surface area contributed by atoms with Gasteiger partial charge in [-0.1, -0.05) is 31.5 Å². The highest BCUT2D eigenvalue weighted by atomic mass is 16.5. The third-order valence-electron chi connectivity index (χ3n) is 3.89. The molecular formula is C18H19NO4. The van der Waals surface area contributed by atoms with E-state index in [0.717, 1.165) is 22.6 Å². The average molecular weight is 313 g/mol. The molecule has 1 aliphatic rings. The minimum Gasteiger partial charge on any atom is -0.477 e. The van der Waals surface area contributed by atoms with Gasteiger partial charge in [0.05, 0.1) is 0 Å². The summed E-state index contributed by atoms with van der Waals surface area (Å²) < 4.78 is 11.4. The normalized spacial score (nSPS) is 14.9. The fraction of sp³-hybridized carbons (Fsp3) is 0.278. The zero-order valence-electron chi connectivity index (χ0n) is 12.9. The number of hydrogen-bond donors (Lipinski definition) is 2. The molecule has 0 saturated heterocycles. The first-order chi connectivity index (χ1) is 11.0. The topological polar surface area (TPSA) is 81.8 Å². The summed E-state index contributed by atoms with van der Waals surface area (Å²) in [5.74, 6) is 0.867. The van der Waals surface area contributed by atoms with Crippen molar-refractivity contribution in [2.45, 2.75) is 31.9 Å². The number of fused-ring (bicyclic) bond motifs is 2. The zero-order chi connectivity index (χ0) is 16.4. The maximum Gasteiger partial charge on any atom is 0.363 e. The standard InChI is InChI=1S/C18H19NO4/c1-2-9-18(19,17(20)21)23-14-7-8-16-13(11-14)10-12-5-3-4-6-15(12)22-16/h3-8,11H,2,9-10,19H2,1H3,(H,20,21). The van der Waals surface area contributed by atoms with Gasteiger partial charge in [0.1, 0.15) is 17.2 Å². The van der Waals surface area contributed by atoms with Crippen molar-refractivity contribution >= 4 is 5.97 Å². The first-order valence-electron chi connectivity index (χ1n) is 7.62. The number of nitrogens with two attached hydrogens (primary N) is 1. The van der Waals surface area contributed by atoms with Gasteiger partial charge in [0, 0.05) is 18.4 Å². The van der Waals surface area contributed by atoms with E-state index in [-0.39, 0.29) is 6.42 Å². The predicted octanol–water partition coefficient (Wildman–Crippen LogP) is 3.30. The highest BCUT2D eigenvalue weighted by molar-refractivity contribution is 5.77. The molecule has 0 saturated carbocycles. The second-order valence-electron chi connectivity index (χ2n) is 5.70. The van der Waals surface area contributed by atoms with E-state index in [1.54, 1.807) is 18.2 Å². The Morgan fingerprint density at radius 3 is 2.74 bits per heavy atom. The second-order valence-corrected chi connectivity index (χ2v) is 5.70. The molecule has 0 aromatic heterocycles. The quantitative estimate of drug-likeness (QED) is 0.706. The summed E-state index contributed by atoms with van der Waals surface area (Å²) in [4.78, 5) is 11.4. The van der Waals surface area contributed by atoms with Crippen molar-refractivity contribution < 1.29 is 19.4 Å². The maximum absolute atomic E-state index is 11.4. The summed E-state index contributed by atoms with van der Waals surface area (Å²) >= 11 is 0. The Labute approximate surface area is 134 Å². The van der Waals surface area contributed by atoms with E-state index < -0.39 is 11.7 Å². The lowest BCUT2D eigenvalue weighted by molar-refractivity contribution is -0.155. The van der Waals surface area contributed by atoms with Crippen molar-refractivity contribution in [3.05, 3.63) is 53.6 Å². The molecule has 120 valence electrons. The number of benzene rings is 2. The van der Waals surface area contributed by atoms with Crippen LogP contribution in [0.5, 0.6) is 17.2 Å². The predicted molar refractivity (Wildman–Crippen MR) is 85.9 cm³/mol.